The van der Waals surface area contributed by atoms with E-state index in [1.54, 1.807) is 54.7 Å². The van der Waals surface area contributed by atoms with Crippen molar-refractivity contribution in [1.29, 1.82) is 0 Å². The minimum atomic E-state index is -0.902. The lowest BCUT2D eigenvalue weighted by Crippen LogP contribution is -2.36. The minimum absolute atomic E-state index is 0.164. The molecule has 13 heteroatoms. The molecule has 3 amide bonds. The predicted octanol–water partition coefficient (Wildman–Crippen LogP) is 8.44. The number of thiophene rings is 1. The van der Waals surface area contributed by atoms with Crippen molar-refractivity contribution in [3.63, 3.8) is 0 Å². The summed E-state index contributed by atoms with van der Waals surface area (Å²) in [7, 11) is 0. The van der Waals surface area contributed by atoms with Crippen molar-refractivity contribution in [2.45, 2.75) is 6.42 Å². The highest BCUT2D eigenvalue weighted by Gasteiger charge is 2.29. The van der Waals surface area contributed by atoms with Crippen molar-refractivity contribution in [2.24, 2.45) is 0 Å². The van der Waals surface area contributed by atoms with Crippen molar-refractivity contribution in [2.75, 3.05) is 53.3 Å². The largest absolute Gasteiger partial charge is 0.378 e. The Bertz CT molecular complexity index is 2410. The summed E-state index contributed by atoms with van der Waals surface area (Å²) in [6, 6.07) is 26.8. The van der Waals surface area contributed by atoms with Gasteiger partial charge < -0.3 is 25.2 Å². The van der Waals surface area contributed by atoms with E-state index in [-0.39, 0.29) is 23.2 Å². The van der Waals surface area contributed by atoms with Crippen LogP contribution in [0.1, 0.15) is 36.0 Å². The quantitative estimate of drug-likeness (QED) is 0.169. The second kappa shape index (κ2) is 15.2. The lowest BCUT2D eigenvalue weighted by atomic mass is 10.0. The summed E-state index contributed by atoms with van der Waals surface area (Å²) in [5, 5.41) is 5.22. The van der Waals surface area contributed by atoms with Gasteiger partial charge in [-0.1, -0.05) is 18.2 Å². The van der Waals surface area contributed by atoms with E-state index in [1.807, 2.05) is 24.3 Å². The zero-order chi connectivity index (χ0) is 38.1. The molecule has 1 fully saturated rings. The van der Waals surface area contributed by atoms with Gasteiger partial charge in [0.05, 0.1) is 35.0 Å². The fraction of sp³-hybridized carbons (Fsp3) is 0.143. The van der Waals surface area contributed by atoms with Crippen LogP contribution in [-0.4, -0.2) is 55.6 Å². The number of carbonyl (C=O) groups excluding carboxylic acids is 3. The number of hydrogen-bond donors (Lipinski definition) is 2. The first-order valence-corrected chi connectivity index (χ1v) is 18.3. The first kappa shape index (κ1) is 35.7. The van der Waals surface area contributed by atoms with E-state index in [2.05, 4.69) is 20.5 Å². The van der Waals surface area contributed by atoms with Crippen LogP contribution in [-0.2, 0) is 11.2 Å². The van der Waals surface area contributed by atoms with E-state index in [0.29, 0.717) is 58.3 Å². The van der Waals surface area contributed by atoms with Crippen LogP contribution in [0, 0.1) is 17.5 Å². The Balaban J connectivity index is 0.986. The Labute approximate surface area is 318 Å². The molecule has 1 saturated heterocycles. The van der Waals surface area contributed by atoms with Crippen molar-refractivity contribution < 1.29 is 32.3 Å². The van der Waals surface area contributed by atoms with Gasteiger partial charge in [-0.05, 0) is 96.9 Å². The summed E-state index contributed by atoms with van der Waals surface area (Å²) in [6.45, 7) is 3.15. The normalized spacial score (nSPS) is 13.7. The van der Waals surface area contributed by atoms with Gasteiger partial charge in [-0.25, -0.2) is 13.2 Å². The van der Waals surface area contributed by atoms with E-state index in [1.165, 1.54) is 23.1 Å². The topological polar surface area (TPSA) is 104 Å². The van der Waals surface area contributed by atoms with Crippen molar-refractivity contribution >= 4 is 51.8 Å². The Morgan fingerprint density at radius 2 is 1.51 bits per heavy atom. The summed E-state index contributed by atoms with van der Waals surface area (Å²) in [5.41, 5.74) is 4.60. The van der Waals surface area contributed by atoms with Crippen LogP contribution in [0.15, 0.2) is 109 Å². The number of carbonyl (C=O) groups is 3. The number of fused-ring (bicyclic) bond motifs is 3. The molecule has 8 rings (SSSR count). The second-order valence-corrected chi connectivity index (χ2v) is 14.0. The molecule has 0 bridgehead atoms. The van der Waals surface area contributed by atoms with Crippen LogP contribution in [0.25, 0.3) is 21.7 Å². The molecular formula is C42H32F3N5O4S. The fourth-order valence-electron chi connectivity index (χ4n) is 6.75. The molecule has 0 aliphatic carbocycles. The van der Waals surface area contributed by atoms with Crippen LogP contribution in [0.2, 0.25) is 0 Å². The average molecular weight is 760 g/mol. The smallest absolute Gasteiger partial charge is 0.265 e. The molecule has 2 aliphatic heterocycles. The molecule has 2 aromatic heterocycles. The van der Waals surface area contributed by atoms with Crippen molar-refractivity contribution in [3.8, 4) is 21.7 Å². The SMILES string of the molecule is O=C(Nc1c(F)cccc1F)c1cc2c(s1)-c1ccc(F)cc1N(C(=O)c1ccc(NC(=O)c3cccnc3-c3ccc(N4CCOCC4)cc3)cc1)CC2. The minimum Gasteiger partial charge on any atom is -0.378 e. The highest BCUT2D eigenvalue weighted by Crippen LogP contribution is 2.42. The molecule has 4 aromatic carbocycles. The van der Waals surface area contributed by atoms with Gasteiger partial charge in [0.25, 0.3) is 17.7 Å². The van der Waals surface area contributed by atoms with Gasteiger partial charge >= 0.3 is 0 Å². The van der Waals surface area contributed by atoms with Crippen LogP contribution in [0.4, 0.5) is 35.9 Å². The zero-order valence-electron chi connectivity index (χ0n) is 29.2. The van der Waals surface area contributed by atoms with Gasteiger partial charge in [-0.15, -0.1) is 11.3 Å². The lowest BCUT2D eigenvalue weighted by Gasteiger charge is -2.28. The average Bonchev–Trinajstić information content (AvgIpc) is 3.58. The monoisotopic (exact) mass is 759 g/mol. The molecule has 0 atom stereocenters. The number of aromatic nitrogens is 1. The number of pyridine rings is 1. The number of ether oxygens (including phenoxy) is 1. The summed E-state index contributed by atoms with van der Waals surface area (Å²) in [5.74, 6) is -3.80. The number of para-hydroxylation sites is 1. The second-order valence-electron chi connectivity index (χ2n) is 13.0. The maximum atomic E-state index is 14.7. The van der Waals surface area contributed by atoms with Gasteiger partial charge in [0, 0.05) is 58.8 Å². The zero-order valence-corrected chi connectivity index (χ0v) is 30.0. The van der Waals surface area contributed by atoms with E-state index in [4.69, 9.17) is 4.74 Å². The standard InChI is InChI=1S/C42H32F3N5O4S/c43-28-10-15-31-35(24-28)50(18-16-27-23-36(55-39(27)31)41(52)48-38-33(44)4-1-5-34(38)45)42(53)26-6-11-29(12-7-26)47-40(51)32-3-2-17-46-37(32)25-8-13-30(14-9-25)49-19-21-54-22-20-49/h1-15,17,23-24H,16,18-22H2,(H,47,51)(H,48,52). The first-order chi connectivity index (χ1) is 26.7. The number of nitrogens with one attached hydrogen (secondary N) is 2. The van der Waals surface area contributed by atoms with Crippen LogP contribution >= 0.6 is 11.3 Å². The molecule has 0 saturated carbocycles. The highest BCUT2D eigenvalue weighted by atomic mass is 32.1. The van der Waals surface area contributed by atoms with Crippen molar-refractivity contribution in [1.82, 2.24) is 4.98 Å². The molecule has 55 heavy (non-hydrogen) atoms. The number of rotatable bonds is 7. The third-order valence-corrected chi connectivity index (χ3v) is 10.7. The number of halogens is 3. The molecule has 0 spiro atoms. The maximum Gasteiger partial charge on any atom is 0.265 e. The Morgan fingerprint density at radius 3 is 2.25 bits per heavy atom. The molecule has 0 unspecified atom stereocenters. The first-order valence-electron chi connectivity index (χ1n) is 17.5. The molecule has 4 heterocycles. The molecule has 2 aliphatic rings. The molecule has 276 valence electrons. The third kappa shape index (κ3) is 7.31. The van der Waals surface area contributed by atoms with E-state index >= 15 is 0 Å². The van der Waals surface area contributed by atoms with Crippen molar-refractivity contribution in [3.05, 3.63) is 148 Å². The van der Waals surface area contributed by atoms with Crippen LogP contribution in [0.5, 0.6) is 0 Å². The van der Waals surface area contributed by atoms with Gasteiger partial charge in [0.15, 0.2) is 0 Å². The molecule has 0 radical (unpaired) electrons. The number of nitrogens with zero attached hydrogens (tertiary/aromatic N) is 3. The number of amides is 3. The Morgan fingerprint density at radius 1 is 0.764 bits per heavy atom. The van der Waals surface area contributed by atoms with Gasteiger partial charge in [-0.2, -0.15) is 0 Å². The van der Waals surface area contributed by atoms with Crippen LogP contribution < -0.4 is 20.4 Å². The van der Waals surface area contributed by atoms with Crippen LogP contribution in [0.3, 0.4) is 0 Å². The molecular weight excluding hydrogens is 728 g/mol. The third-order valence-electron chi connectivity index (χ3n) is 9.54. The Kier molecular flexibility index (Phi) is 9.87. The maximum absolute atomic E-state index is 14.7. The summed E-state index contributed by atoms with van der Waals surface area (Å²) >= 11 is 1.09. The number of benzene rings is 4. The summed E-state index contributed by atoms with van der Waals surface area (Å²) in [6.07, 6.45) is 1.97. The number of morpholine rings is 1. The Hall–Kier alpha value is -6.31. The molecule has 2 N–H and O–H groups in total. The fourth-order valence-corrected chi connectivity index (χ4v) is 7.89. The van der Waals surface area contributed by atoms with E-state index in [9.17, 15) is 27.6 Å². The predicted molar refractivity (Wildman–Crippen MR) is 207 cm³/mol. The number of hydrogen-bond acceptors (Lipinski definition) is 7. The van der Waals surface area contributed by atoms with Gasteiger partial charge in [0.1, 0.15) is 23.1 Å². The molecule has 6 aromatic rings. The van der Waals surface area contributed by atoms with Gasteiger partial charge in [-0.3, -0.25) is 19.4 Å². The summed E-state index contributed by atoms with van der Waals surface area (Å²) in [4.78, 5) is 49.7. The van der Waals surface area contributed by atoms with E-state index in [0.717, 1.165) is 53.4 Å². The number of anilines is 4. The van der Waals surface area contributed by atoms with Gasteiger partial charge in [0.2, 0.25) is 0 Å². The lowest BCUT2D eigenvalue weighted by molar-refractivity contribution is 0.0985. The summed E-state index contributed by atoms with van der Waals surface area (Å²) < 4.78 is 48.6. The van der Waals surface area contributed by atoms with E-state index < -0.39 is 29.0 Å². The molecule has 9 nitrogen and oxygen atoms in total. The highest BCUT2D eigenvalue weighted by molar-refractivity contribution is 7.17.